The molecule has 0 aliphatic rings. The van der Waals surface area contributed by atoms with Crippen molar-refractivity contribution in [1.82, 2.24) is 0 Å². The van der Waals surface area contributed by atoms with Gasteiger partial charge in [-0.05, 0) is 25.1 Å². The van der Waals surface area contributed by atoms with Gasteiger partial charge in [0, 0.05) is 6.42 Å². The van der Waals surface area contributed by atoms with Crippen molar-refractivity contribution in [3.63, 3.8) is 0 Å². The SMILES string of the molecule is NCCCC#Cc1ccccc1F. The van der Waals surface area contributed by atoms with Crippen LogP contribution in [-0.2, 0) is 0 Å². The van der Waals surface area contributed by atoms with Gasteiger partial charge in [0.2, 0.25) is 0 Å². The smallest absolute Gasteiger partial charge is 0.138 e. The molecule has 0 heterocycles. The van der Waals surface area contributed by atoms with Gasteiger partial charge in [-0.1, -0.05) is 24.0 Å². The molecule has 2 heteroatoms. The number of unbranched alkanes of at least 4 members (excludes halogenated alkanes) is 1. The van der Waals surface area contributed by atoms with E-state index in [2.05, 4.69) is 11.8 Å². The number of halogens is 1. The summed E-state index contributed by atoms with van der Waals surface area (Å²) in [7, 11) is 0. The van der Waals surface area contributed by atoms with Crippen molar-refractivity contribution in [2.24, 2.45) is 5.73 Å². The molecular weight excluding hydrogens is 165 g/mol. The van der Waals surface area contributed by atoms with Crippen molar-refractivity contribution in [3.8, 4) is 11.8 Å². The third-order valence-electron chi connectivity index (χ3n) is 1.60. The number of benzene rings is 1. The van der Waals surface area contributed by atoms with Crippen LogP contribution in [0.1, 0.15) is 18.4 Å². The van der Waals surface area contributed by atoms with E-state index in [1.807, 2.05) is 0 Å². The molecule has 0 bridgehead atoms. The molecule has 1 aromatic rings. The Kier molecular flexibility index (Phi) is 4.01. The lowest BCUT2D eigenvalue weighted by molar-refractivity contribution is 0.624. The molecule has 68 valence electrons. The van der Waals surface area contributed by atoms with E-state index >= 15 is 0 Å². The number of nitrogens with two attached hydrogens (primary N) is 1. The first-order valence-corrected chi connectivity index (χ1v) is 4.28. The maximum atomic E-state index is 13.0. The summed E-state index contributed by atoms with van der Waals surface area (Å²) in [5.74, 6) is 5.38. The number of hydrogen-bond donors (Lipinski definition) is 1. The first-order chi connectivity index (χ1) is 6.34. The molecule has 0 radical (unpaired) electrons. The molecule has 0 saturated carbocycles. The standard InChI is InChI=1S/C11H12FN/c12-11-8-4-3-7-10(11)6-2-1-5-9-13/h3-4,7-8H,1,5,9,13H2. The van der Waals surface area contributed by atoms with Gasteiger partial charge < -0.3 is 5.73 Å². The van der Waals surface area contributed by atoms with Gasteiger partial charge in [0.15, 0.2) is 0 Å². The Morgan fingerprint density at radius 1 is 1.31 bits per heavy atom. The van der Waals surface area contributed by atoms with Crippen LogP contribution in [0.15, 0.2) is 24.3 Å². The van der Waals surface area contributed by atoms with Crippen LogP contribution in [0, 0.1) is 17.7 Å². The average Bonchev–Trinajstić information content (AvgIpc) is 2.15. The molecule has 0 atom stereocenters. The van der Waals surface area contributed by atoms with Gasteiger partial charge in [0.1, 0.15) is 5.82 Å². The maximum absolute atomic E-state index is 13.0. The number of hydrogen-bond acceptors (Lipinski definition) is 1. The lowest BCUT2D eigenvalue weighted by atomic mass is 10.2. The Hall–Kier alpha value is -1.33. The molecule has 1 nitrogen and oxygen atoms in total. The van der Waals surface area contributed by atoms with Gasteiger partial charge >= 0.3 is 0 Å². The van der Waals surface area contributed by atoms with Crippen molar-refractivity contribution >= 4 is 0 Å². The second-order valence-electron chi connectivity index (χ2n) is 2.67. The summed E-state index contributed by atoms with van der Waals surface area (Å²) in [5, 5.41) is 0. The summed E-state index contributed by atoms with van der Waals surface area (Å²) in [4.78, 5) is 0. The molecule has 13 heavy (non-hydrogen) atoms. The molecule has 1 rings (SSSR count). The number of rotatable bonds is 2. The van der Waals surface area contributed by atoms with Crippen molar-refractivity contribution in [2.75, 3.05) is 6.54 Å². The minimum atomic E-state index is -0.261. The van der Waals surface area contributed by atoms with E-state index in [0.717, 1.165) is 12.8 Å². The fraction of sp³-hybridized carbons (Fsp3) is 0.273. The molecule has 0 aliphatic heterocycles. The third kappa shape index (κ3) is 3.27. The van der Waals surface area contributed by atoms with Crippen LogP contribution in [0.5, 0.6) is 0 Å². The highest BCUT2D eigenvalue weighted by molar-refractivity contribution is 5.34. The minimum Gasteiger partial charge on any atom is -0.330 e. The fourth-order valence-electron chi connectivity index (χ4n) is 0.911. The fourth-order valence-corrected chi connectivity index (χ4v) is 0.911. The van der Waals surface area contributed by atoms with Crippen molar-refractivity contribution in [2.45, 2.75) is 12.8 Å². The molecule has 0 fully saturated rings. The summed E-state index contributed by atoms with van der Waals surface area (Å²) in [6, 6.07) is 6.51. The van der Waals surface area contributed by atoms with E-state index in [0.29, 0.717) is 12.1 Å². The third-order valence-corrected chi connectivity index (χ3v) is 1.60. The Balaban J connectivity index is 2.61. The van der Waals surface area contributed by atoms with Crippen molar-refractivity contribution < 1.29 is 4.39 Å². The van der Waals surface area contributed by atoms with E-state index in [1.54, 1.807) is 18.2 Å². The summed E-state index contributed by atoms with van der Waals surface area (Å²) in [6.07, 6.45) is 1.59. The Morgan fingerprint density at radius 3 is 2.77 bits per heavy atom. The molecule has 0 unspecified atom stereocenters. The Labute approximate surface area is 77.8 Å². The zero-order valence-corrected chi connectivity index (χ0v) is 7.39. The second kappa shape index (κ2) is 5.34. The van der Waals surface area contributed by atoms with Crippen LogP contribution in [-0.4, -0.2) is 6.54 Å². The van der Waals surface area contributed by atoms with Crippen LogP contribution in [0.2, 0.25) is 0 Å². The van der Waals surface area contributed by atoms with Crippen LogP contribution < -0.4 is 5.73 Å². The van der Waals surface area contributed by atoms with Gasteiger partial charge in [0.05, 0.1) is 5.56 Å². The van der Waals surface area contributed by atoms with E-state index in [-0.39, 0.29) is 5.82 Å². The monoisotopic (exact) mass is 177 g/mol. The van der Waals surface area contributed by atoms with E-state index in [1.165, 1.54) is 6.07 Å². The summed E-state index contributed by atoms with van der Waals surface area (Å²) in [5.41, 5.74) is 5.75. The molecule has 0 aliphatic carbocycles. The van der Waals surface area contributed by atoms with Crippen LogP contribution in [0.3, 0.4) is 0 Å². The van der Waals surface area contributed by atoms with Gasteiger partial charge in [-0.3, -0.25) is 0 Å². The average molecular weight is 177 g/mol. The highest BCUT2D eigenvalue weighted by atomic mass is 19.1. The molecule has 0 saturated heterocycles. The van der Waals surface area contributed by atoms with E-state index in [4.69, 9.17) is 5.73 Å². The molecule has 0 spiro atoms. The second-order valence-corrected chi connectivity index (χ2v) is 2.67. The zero-order valence-electron chi connectivity index (χ0n) is 7.39. The lowest BCUT2D eigenvalue weighted by Crippen LogP contribution is -1.96. The summed E-state index contributed by atoms with van der Waals surface area (Å²) in [6.45, 7) is 0.631. The van der Waals surface area contributed by atoms with Crippen LogP contribution in [0.25, 0.3) is 0 Å². The zero-order chi connectivity index (χ0) is 9.52. The van der Waals surface area contributed by atoms with Crippen LogP contribution in [0.4, 0.5) is 4.39 Å². The first kappa shape index (κ1) is 9.76. The highest BCUT2D eigenvalue weighted by Crippen LogP contribution is 2.03. The molecule has 0 aromatic heterocycles. The predicted molar refractivity (Wildman–Crippen MR) is 51.6 cm³/mol. The van der Waals surface area contributed by atoms with E-state index < -0.39 is 0 Å². The van der Waals surface area contributed by atoms with Crippen molar-refractivity contribution in [1.29, 1.82) is 0 Å². The summed E-state index contributed by atoms with van der Waals surface area (Å²) < 4.78 is 13.0. The minimum absolute atomic E-state index is 0.261. The largest absolute Gasteiger partial charge is 0.330 e. The Bertz CT molecular complexity index is 322. The maximum Gasteiger partial charge on any atom is 0.138 e. The highest BCUT2D eigenvalue weighted by Gasteiger charge is 1.93. The topological polar surface area (TPSA) is 26.0 Å². The quantitative estimate of drug-likeness (QED) is 0.542. The van der Waals surface area contributed by atoms with Gasteiger partial charge in [-0.15, -0.1) is 0 Å². The van der Waals surface area contributed by atoms with Crippen molar-refractivity contribution in [3.05, 3.63) is 35.6 Å². The molecule has 0 amide bonds. The summed E-state index contributed by atoms with van der Waals surface area (Å²) >= 11 is 0. The Morgan fingerprint density at radius 2 is 2.08 bits per heavy atom. The molecule has 1 aromatic carbocycles. The lowest BCUT2D eigenvalue weighted by Gasteiger charge is -1.91. The molecular formula is C11H12FN. The van der Waals surface area contributed by atoms with Gasteiger partial charge in [0.25, 0.3) is 0 Å². The predicted octanol–water partition coefficient (Wildman–Crippen LogP) is 1.92. The van der Waals surface area contributed by atoms with Crippen LogP contribution >= 0.6 is 0 Å². The normalized spacial score (nSPS) is 9.08. The van der Waals surface area contributed by atoms with Gasteiger partial charge in [-0.25, -0.2) is 4.39 Å². The van der Waals surface area contributed by atoms with E-state index in [9.17, 15) is 4.39 Å². The molecule has 2 N–H and O–H groups in total. The first-order valence-electron chi connectivity index (χ1n) is 4.28. The van der Waals surface area contributed by atoms with Gasteiger partial charge in [-0.2, -0.15) is 0 Å².